The van der Waals surface area contributed by atoms with Crippen molar-refractivity contribution in [3.05, 3.63) is 65.5 Å². The fourth-order valence-electron chi connectivity index (χ4n) is 2.89. The van der Waals surface area contributed by atoms with Crippen molar-refractivity contribution in [1.29, 1.82) is 0 Å². The van der Waals surface area contributed by atoms with Crippen LogP contribution in [0, 0.1) is 17.5 Å². The Morgan fingerprint density at radius 2 is 1.69 bits per heavy atom. The molecule has 1 saturated heterocycles. The summed E-state index contributed by atoms with van der Waals surface area (Å²) in [5.74, 6) is -1.79. The van der Waals surface area contributed by atoms with Gasteiger partial charge in [-0.3, -0.25) is 4.79 Å². The summed E-state index contributed by atoms with van der Waals surface area (Å²) in [6.07, 6.45) is 0. The first-order valence-electron chi connectivity index (χ1n) is 8.33. The maximum Gasteiger partial charge on any atom is 0.248 e. The molecule has 0 unspecified atom stereocenters. The number of carbonyl (C=O) groups is 1. The van der Waals surface area contributed by atoms with Gasteiger partial charge in [0.25, 0.3) is 0 Å². The van der Waals surface area contributed by atoms with E-state index in [0.717, 1.165) is 6.07 Å². The summed E-state index contributed by atoms with van der Waals surface area (Å²) in [7, 11) is 0. The standard InChI is InChI=1S/C19H19F3N2O2/c20-15-5-6-18(17(22)11-15)23-7-9-24(10-8-23)19(25)13-26-12-14-3-1-2-4-16(14)21/h1-6,11H,7-10,12-13H2. The fraction of sp³-hybridized carbons (Fsp3) is 0.316. The van der Waals surface area contributed by atoms with Crippen LogP contribution in [0.1, 0.15) is 5.56 Å². The quantitative estimate of drug-likeness (QED) is 0.818. The van der Waals surface area contributed by atoms with Crippen LogP contribution in [0.15, 0.2) is 42.5 Å². The lowest BCUT2D eigenvalue weighted by Crippen LogP contribution is -2.50. The molecule has 138 valence electrons. The Morgan fingerprint density at radius 1 is 0.962 bits per heavy atom. The predicted octanol–water partition coefficient (Wildman–Crippen LogP) is 2.97. The second-order valence-electron chi connectivity index (χ2n) is 6.05. The van der Waals surface area contributed by atoms with Gasteiger partial charge in [-0.05, 0) is 18.2 Å². The number of halogens is 3. The first kappa shape index (κ1) is 18.3. The van der Waals surface area contributed by atoms with Gasteiger partial charge in [0.15, 0.2) is 0 Å². The highest BCUT2D eigenvalue weighted by atomic mass is 19.1. The molecule has 0 bridgehead atoms. The molecular weight excluding hydrogens is 345 g/mol. The second-order valence-corrected chi connectivity index (χ2v) is 6.05. The lowest BCUT2D eigenvalue weighted by molar-refractivity contribution is -0.136. The number of amides is 1. The van der Waals surface area contributed by atoms with E-state index in [0.29, 0.717) is 37.4 Å². The normalized spacial score (nSPS) is 14.6. The molecule has 0 radical (unpaired) electrons. The molecule has 7 heteroatoms. The maximum atomic E-state index is 13.8. The topological polar surface area (TPSA) is 32.8 Å². The predicted molar refractivity (Wildman–Crippen MR) is 91.2 cm³/mol. The largest absolute Gasteiger partial charge is 0.367 e. The third-order valence-corrected chi connectivity index (χ3v) is 4.32. The Kier molecular flexibility index (Phi) is 5.78. The average Bonchev–Trinajstić information content (AvgIpc) is 2.63. The molecule has 2 aromatic carbocycles. The van der Waals surface area contributed by atoms with Gasteiger partial charge in [0.05, 0.1) is 12.3 Å². The minimum absolute atomic E-state index is 0.0270. The Balaban J connectivity index is 1.47. The van der Waals surface area contributed by atoms with Gasteiger partial charge in [-0.15, -0.1) is 0 Å². The number of benzene rings is 2. The van der Waals surface area contributed by atoms with Gasteiger partial charge >= 0.3 is 0 Å². The van der Waals surface area contributed by atoms with Crippen molar-refractivity contribution >= 4 is 11.6 Å². The molecule has 4 nitrogen and oxygen atoms in total. The van der Waals surface area contributed by atoms with Crippen molar-refractivity contribution in [2.75, 3.05) is 37.7 Å². The van der Waals surface area contributed by atoms with Crippen molar-refractivity contribution in [3.63, 3.8) is 0 Å². The Morgan fingerprint density at radius 3 is 2.38 bits per heavy atom. The molecule has 0 saturated carbocycles. The van der Waals surface area contributed by atoms with Crippen molar-refractivity contribution in [3.8, 4) is 0 Å². The molecule has 0 aliphatic carbocycles. The van der Waals surface area contributed by atoms with E-state index in [4.69, 9.17) is 4.74 Å². The Hall–Kier alpha value is -2.54. The van der Waals surface area contributed by atoms with Crippen LogP contribution in [0.25, 0.3) is 0 Å². The van der Waals surface area contributed by atoms with E-state index in [2.05, 4.69) is 0 Å². The summed E-state index contributed by atoms with van der Waals surface area (Å²) in [5.41, 5.74) is 0.728. The zero-order chi connectivity index (χ0) is 18.5. The van der Waals surface area contributed by atoms with Gasteiger partial charge in [-0.1, -0.05) is 18.2 Å². The first-order valence-corrected chi connectivity index (χ1v) is 8.33. The van der Waals surface area contributed by atoms with Crippen LogP contribution >= 0.6 is 0 Å². The van der Waals surface area contributed by atoms with Crippen LogP contribution in [0.3, 0.4) is 0 Å². The lowest BCUT2D eigenvalue weighted by Gasteiger charge is -2.36. The zero-order valence-electron chi connectivity index (χ0n) is 14.1. The van der Waals surface area contributed by atoms with E-state index in [-0.39, 0.29) is 24.9 Å². The first-order chi connectivity index (χ1) is 12.5. The zero-order valence-corrected chi connectivity index (χ0v) is 14.1. The van der Waals surface area contributed by atoms with Crippen molar-refractivity contribution in [1.82, 2.24) is 4.90 Å². The molecular formula is C19H19F3N2O2. The summed E-state index contributed by atoms with van der Waals surface area (Å²) in [6, 6.07) is 9.71. The fourth-order valence-corrected chi connectivity index (χ4v) is 2.89. The molecule has 1 amide bonds. The molecule has 3 rings (SSSR count). The molecule has 0 spiro atoms. The van der Waals surface area contributed by atoms with Gasteiger partial charge in [0.2, 0.25) is 5.91 Å². The third kappa shape index (κ3) is 4.35. The summed E-state index contributed by atoms with van der Waals surface area (Å²) >= 11 is 0. The van der Waals surface area contributed by atoms with Crippen molar-refractivity contribution in [2.45, 2.75) is 6.61 Å². The van der Waals surface area contributed by atoms with Gasteiger partial charge < -0.3 is 14.5 Å². The van der Waals surface area contributed by atoms with Gasteiger partial charge in [-0.2, -0.15) is 0 Å². The van der Waals surface area contributed by atoms with Crippen molar-refractivity contribution < 1.29 is 22.7 Å². The number of piperazine rings is 1. The molecule has 1 heterocycles. The van der Waals surface area contributed by atoms with Crippen LogP contribution in [-0.4, -0.2) is 43.6 Å². The number of rotatable bonds is 5. The number of ether oxygens (including phenoxy) is 1. The van der Waals surface area contributed by atoms with Crippen LogP contribution in [0.4, 0.5) is 18.9 Å². The smallest absolute Gasteiger partial charge is 0.248 e. The maximum absolute atomic E-state index is 13.8. The average molecular weight is 364 g/mol. The van der Waals surface area contributed by atoms with E-state index < -0.39 is 11.6 Å². The molecule has 26 heavy (non-hydrogen) atoms. The molecule has 0 N–H and O–H groups in total. The van der Waals surface area contributed by atoms with Gasteiger partial charge in [0.1, 0.15) is 24.1 Å². The van der Waals surface area contributed by atoms with Gasteiger partial charge in [0, 0.05) is 37.8 Å². The molecule has 2 aromatic rings. The number of hydrogen-bond donors (Lipinski definition) is 0. The van der Waals surface area contributed by atoms with E-state index in [1.807, 2.05) is 0 Å². The molecule has 0 aromatic heterocycles. The minimum atomic E-state index is -0.618. The van der Waals surface area contributed by atoms with Crippen LogP contribution in [-0.2, 0) is 16.1 Å². The van der Waals surface area contributed by atoms with Crippen molar-refractivity contribution in [2.24, 2.45) is 0 Å². The minimum Gasteiger partial charge on any atom is -0.367 e. The lowest BCUT2D eigenvalue weighted by atomic mass is 10.2. The molecule has 1 fully saturated rings. The molecule has 1 aliphatic rings. The highest BCUT2D eigenvalue weighted by Crippen LogP contribution is 2.21. The monoisotopic (exact) mass is 364 g/mol. The molecule has 0 atom stereocenters. The third-order valence-electron chi connectivity index (χ3n) is 4.32. The Labute approximate surface area is 149 Å². The highest BCUT2D eigenvalue weighted by molar-refractivity contribution is 5.77. The number of anilines is 1. The van der Waals surface area contributed by atoms with E-state index >= 15 is 0 Å². The van der Waals surface area contributed by atoms with Gasteiger partial charge in [-0.25, -0.2) is 13.2 Å². The highest BCUT2D eigenvalue weighted by Gasteiger charge is 2.23. The number of carbonyl (C=O) groups excluding carboxylic acids is 1. The Bertz CT molecular complexity index is 777. The van der Waals surface area contributed by atoms with E-state index in [1.54, 1.807) is 28.0 Å². The number of hydrogen-bond acceptors (Lipinski definition) is 3. The molecule has 1 aliphatic heterocycles. The summed E-state index contributed by atoms with van der Waals surface area (Å²) in [6.45, 7) is 1.61. The van der Waals surface area contributed by atoms with E-state index in [9.17, 15) is 18.0 Å². The van der Waals surface area contributed by atoms with Crippen LogP contribution < -0.4 is 4.90 Å². The summed E-state index contributed by atoms with van der Waals surface area (Å²) < 4.78 is 45.6. The van der Waals surface area contributed by atoms with Crippen LogP contribution in [0.5, 0.6) is 0 Å². The summed E-state index contributed by atoms with van der Waals surface area (Å²) in [4.78, 5) is 15.6. The van der Waals surface area contributed by atoms with Crippen LogP contribution in [0.2, 0.25) is 0 Å². The number of nitrogens with zero attached hydrogens (tertiary/aromatic N) is 2. The second kappa shape index (κ2) is 8.23. The SMILES string of the molecule is O=C(COCc1ccccc1F)N1CCN(c2ccc(F)cc2F)CC1. The van der Waals surface area contributed by atoms with E-state index in [1.165, 1.54) is 18.2 Å². The summed E-state index contributed by atoms with van der Waals surface area (Å²) in [5, 5.41) is 0.